The molecule has 0 saturated heterocycles. The van der Waals surface area contributed by atoms with Gasteiger partial charge in [-0.05, 0) is 6.07 Å². The Balaban J connectivity index is 3.05. The van der Waals surface area contributed by atoms with Crippen molar-refractivity contribution in [2.24, 2.45) is 0 Å². The number of aliphatic hydroxyl groups excluding tert-OH is 1. The summed E-state index contributed by atoms with van der Waals surface area (Å²) in [4.78, 5) is 10.4. The van der Waals surface area contributed by atoms with Crippen molar-refractivity contribution in [1.82, 2.24) is 0 Å². The Morgan fingerprint density at radius 2 is 2.12 bits per heavy atom. The van der Waals surface area contributed by atoms with Crippen LogP contribution < -0.4 is 4.74 Å². The molecule has 0 spiro atoms. The molecular formula is C10H10F2O4. The first kappa shape index (κ1) is 12.4. The molecule has 1 rings (SSSR count). The van der Waals surface area contributed by atoms with Crippen LogP contribution in [0.5, 0.6) is 5.75 Å². The van der Waals surface area contributed by atoms with Gasteiger partial charge in [0.2, 0.25) is 5.82 Å². The molecule has 0 aromatic heterocycles. The molecule has 0 fully saturated rings. The number of carbonyl (C=O) groups is 1. The van der Waals surface area contributed by atoms with E-state index in [2.05, 4.69) is 4.74 Å². The number of hydrogen-bond acceptors (Lipinski definition) is 3. The summed E-state index contributed by atoms with van der Waals surface area (Å²) in [5.74, 6) is -4.12. The minimum atomic E-state index is -1.68. The van der Waals surface area contributed by atoms with E-state index in [1.54, 1.807) is 0 Å². The first-order chi connectivity index (χ1) is 7.47. The fraction of sp³-hybridized carbons (Fsp3) is 0.300. The van der Waals surface area contributed by atoms with Gasteiger partial charge in [0, 0.05) is 12.0 Å². The second-order valence-electron chi connectivity index (χ2n) is 3.11. The number of carboxylic acids is 1. The second-order valence-corrected chi connectivity index (χ2v) is 3.11. The maximum absolute atomic E-state index is 13.2. The Bertz CT molecular complexity index is 406. The summed E-state index contributed by atoms with van der Waals surface area (Å²) in [6.07, 6.45) is -2.03. The van der Waals surface area contributed by atoms with Crippen LogP contribution in [0.2, 0.25) is 0 Å². The van der Waals surface area contributed by atoms with E-state index in [9.17, 15) is 13.6 Å². The van der Waals surface area contributed by atoms with Gasteiger partial charge in [0.1, 0.15) is 0 Å². The summed E-state index contributed by atoms with van der Waals surface area (Å²) in [6, 6.07) is 2.02. The lowest BCUT2D eigenvalue weighted by molar-refractivity contribution is -0.146. The van der Waals surface area contributed by atoms with Crippen molar-refractivity contribution < 1.29 is 28.5 Å². The van der Waals surface area contributed by atoms with Gasteiger partial charge in [-0.2, -0.15) is 4.39 Å². The van der Waals surface area contributed by atoms with Crippen molar-refractivity contribution in [2.75, 3.05) is 7.11 Å². The molecule has 0 amide bonds. The number of aliphatic carboxylic acids is 1. The Labute approximate surface area is 90.1 Å². The van der Waals surface area contributed by atoms with Crippen LogP contribution >= 0.6 is 0 Å². The number of halogens is 2. The number of methoxy groups -OCH3 is 1. The Kier molecular flexibility index (Phi) is 3.78. The molecule has 1 atom stereocenters. The molecule has 1 unspecified atom stereocenters. The second kappa shape index (κ2) is 4.89. The third-order valence-corrected chi connectivity index (χ3v) is 2.03. The van der Waals surface area contributed by atoms with Crippen molar-refractivity contribution in [1.29, 1.82) is 0 Å². The van der Waals surface area contributed by atoms with E-state index in [0.717, 1.165) is 13.2 Å². The van der Waals surface area contributed by atoms with Crippen LogP contribution in [0.3, 0.4) is 0 Å². The maximum atomic E-state index is 13.2. The normalized spacial score (nSPS) is 12.2. The zero-order valence-corrected chi connectivity index (χ0v) is 8.41. The van der Waals surface area contributed by atoms with Crippen LogP contribution in [-0.2, 0) is 11.2 Å². The fourth-order valence-electron chi connectivity index (χ4n) is 1.25. The molecule has 16 heavy (non-hydrogen) atoms. The van der Waals surface area contributed by atoms with E-state index in [4.69, 9.17) is 10.2 Å². The van der Waals surface area contributed by atoms with Crippen molar-refractivity contribution in [3.8, 4) is 5.75 Å². The average molecular weight is 232 g/mol. The first-order valence-electron chi connectivity index (χ1n) is 4.39. The molecule has 0 radical (unpaired) electrons. The Morgan fingerprint density at radius 1 is 1.50 bits per heavy atom. The summed E-state index contributed by atoms with van der Waals surface area (Å²) in [5, 5.41) is 17.6. The maximum Gasteiger partial charge on any atom is 0.332 e. The number of aliphatic hydroxyl groups is 1. The smallest absolute Gasteiger partial charge is 0.332 e. The molecule has 0 aliphatic heterocycles. The third-order valence-electron chi connectivity index (χ3n) is 2.03. The van der Waals surface area contributed by atoms with E-state index in [1.807, 2.05) is 0 Å². The Hall–Kier alpha value is -1.69. The lowest BCUT2D eigenvalue weighted by Crippen LogP contribution is -2.22. The first-order valence-corrected chi connectivity index (χ1v) is 4.39. The van der Waals surface area contributed by atoms with Crippen molar-refractivity contribution in [2.45, 2.75) is 12.5 Å². The molecule has 0 heterocycles. The minimum Gasteiger partial charge on any atom is -0.493 e. The quantitative estimate of drug-likeness (QED) is 0.811. The number of rotatable bonds is 4. The van der Waals surface area contributed by atoms with Crippen LogP contribution in [0.25, 0.3) is 0 Å². The lowest BCUT2D eigenvalue weighted by atomic mass is 10.1. The van der Waals surface area contributed by atoms with Gasteiger partial charge in [-0.25, -0.2) is 9.18 Å². The summed E-state index contributed by atoms with van der Waals surface area (Å²) in [7, 11) is 1.13. The zero-order chi connectivity index (χ0) is 12.3. The average Bonchev–Trinajstić information content (AvgIpc) is 2.23. The van der Waals surface area contributed by atoms with Gasteiger partial charge < -0.3 is 14.9 Å². The van der Waals surface area contributed by atoms with Gasteiger partial charge in [0.05, 0.1) is 7.11 Å². The molecule has 4 nitrogen and oxygen atoms in total. The molecule has 88 valence electrons. The molecule has 1 aromatic rings. The largest absolute Gasteiger partial charge is 0.493 e. The zero-order valence-electron chi connectivity index (χ0n) is 8.41. The lowest BCUT2D eigenvalue weighted by Gasteiger charge is -2.11. The summed E-state index contributed by atoms with van der Waals surface area (Å²) in [5.41, 5.74) is 0.0938. The van der Waals surface area contributed by atoms with Gasteiger partial charge in [-0.3, -0.25) is 0 Å². The molecule has 6 heteroatoms. The standard InChI is InChI=1S/C10H10F2O4/c1-16-9-5(4-7(13)10(14)15)2-3-6(11)8(9)12/h2-3,7,13H,4H2,1H3,(H,14,15). The van der Waals surface area contributed by atoms with Gasteiger partial charge in [0.25, 0.3) is 0 Å². The van der Waals surface area contributed by atoms with Gasteiger partial charge >= 0.3 is 5.97 Å². The number of ether oxygens (including phenoxy) is 1. The summed E-state index contributed by atoms with van der Waals surface area (Å²) < 4.78 is 30.6. The molecule has 0 saturated carbocycles. The van der Waals surface area contributed by atoms with E-state index < -0.39 is 23.7 Å². The van der Waals surface area contributed by atoms with Crippen molar-refractivity contribution in [3.05, 3.63) is 29.3 Å². The van der Waals surface area contributed by atoms with Crippen LogP contribution in [-0.4, -0.2) is 29.4 Å². The Morgan fingerprint density at radius 3 is 2.62 bits per heavy atom. The van der Waals surface area contributed by atoms with E-state index in [-0.39, 0.29) is 17.7 Å². The fourth-order valence-corrected chi connectivity index (χ4v) is 1.25. The predicted octanol–water partition coefficient (Wildman–Crippen LogP) is 0.961. The van der Waals surface area contributed by atoms with E-state index in [0.29, 0.717) is 0 Å². The SMILES string of the molecule is COc1c(CC(O)C(=O)O)ccc(F)c1F. The van der Waals surface area contributed by atoms with Gasteiger partial charge in [-0.15, -0.1) is 0 Å². The minimum absolute atomic E-state index is 0.0938. The van der Waals surface area contributed by atoms with Crippen molar-refractivity contribution >= 4 is 5.97 Å². The molecule has 1 aromatic carbocycles. The van der Waals surface area contributed by atoms with Crippen LogP contribution in [0.4, 0.5) is 8.78 Å². The highest BCUT2D eigenvalue weighted by Gasteiger charge is 2.20. The predicted molar refractivity (Wildman–Crippen MR) is 50.3 cm³/mol. The monoisotopic (exact) mass is 232 g/mol. The highest BCUT2D eigenvalue weighted by Crippen LogP contribution is 2.25. The van der Waals surface area contributed by atoms with Crippen LogP contribution in [0.1, 0.15) is 5.56 Å². The number of benzene rings is 1. The van der Waals surface area contributed by atoms with E-state index >= 15 is 0 Å². The van der Waals surface area contributed by atoms with Gasteiger partial charge in [-0.1, -0.05) is 6.07 Å². The molecule has 0 aliphatic carbocycles. The van der Waals surface area contributed by atoms with Crippen molar-refractivity contribution in [3.63, 3.8) is 0 Å². The number of hydrogen-bond donors (Lipinski definition) is 2. The third kappa shape index (κ3) is 2.46. The topological polar surface area (TPSA) is 66.8 Å². The molecule has 0 aliphatic rings. The van der Waals surface area contributed by atoms with Crippen LogP contribution in [0.15, 0.2) is 12.1 Å². The number of carboxylic acid groups (broad SMARTS) is 1. The highest BCUT2D eigenvalue weighted by molar-refractivity contribution is 5.72. The van der Waals surface area contributed by atoms with Crippen LogP contribution in [0, 0.1) is 11.6 Å². The molecular weight excluding hydrogens is 222 g/mol. The molecule has 2 N–H and O–H groups in total. The van der Waals surface area contributed by atoms with Gasteiger partial charge in [0.15, 0.2) is 17.7 Å². The molecule has 0 bridgehead atoms. The van der Waals surface area contributed by atoms with E-state index in [1.165, 1.54) is 6.07 Å². The summed E-state index contributed by atoms with van der Waals surface area (Å²) in [6.45, 7) is 0. The summed E-state index contributed by atoms with van der Waals surface area (Å²) >= 11 is 0. The highest BCUT2D eigenvalue weighted by atomic mass is 19.2.